The molecule has 3 N–H and O–H groups in total. The molecule has 0 aliphatic rings. The van der Waals surface area contributed by atoms with Crippen LogP contribution in [0.5, 0.6) is 5.75 Å². The average Bonchev–Trinajstić information content (AvgIpc) is 2.83. The molecular formula is C13H16Cl2N2O2S. The minimum Gasteiger partial charge on any atom is -0.488 e. The first-order valence-corrected chi connectivity index (χ1v) is 7.05. The van der Waals surface area contributed by atoms with E-state index in [1.807, 2.05) is 24.3 Å². The molecule has 0 bridgehead atoms. The van der Waals surface area contributed by atoms with Gasteiger partial charge in [-0.2, -0.15) is 0 Å². The van der Waals surface area contributed by atoms with Crippen LogP contribution in [-0.2, 0) is 13.0 Å². The topological polar surface area (TPSA) is 68.4 Å². The fourth-order valence-electron chi connectivity index (χ4n) is 1.59. The van der Waals surface area contributed by atoms with Gasteiger partial charge < -0.3 is 15.6 Å². The Labute approximate surface area is 133 Å². The molecule has 110 valence electrons. The first-order chi connectivity index (χ1) is 9.17. The molecular weight excluding hydrogens is 319 g/mol. The van der Waals surface area contributed by atoms with E-state index in [0.29, 0.717) is 17.5 Å². The molecule has 1 unspecified atom stereocenters. The van der Waals surface area contributed by atoms with E-state index >= 15 is 0 Å². The lowest BCUT2D eigenvalue weighted by atomic mass is 10.1. The number of halogens is 2. The van der Waals surface area contributed by atoms with E-state index in [-0.39, 0.29) is 25.1 Å². The number of thiazole rings is 1. The van der Waals surface area contributed by atoms with Crippen LogP contribution in [0.25, 0.3) is 0 Å². The van der Waals surface area contributed by atoms with Crippen LogP contribution in [0.1, 0.15) is 10.4 Å². The lowest BCUT2D eigenvalue weighted by Gasteiger charge is -2.09. The van der Waals surface area contributed by atoms with Crippen LogP contribution in [-0.4, -0.2) is 22.7 Å². The predicted octanol–water partition coefficient (Wildman–Crippen LogP) is 2.66. The molecule has 0 amide bonds. The van der Waals surface area contributed by atoms with Crippen molar-refractivity contribution in [2.24, 2.45) is 5.73 Å². The van der Waals surface area contributed by atoms with E-state index in [4.69, 9.17) is 27.2 Å². The molecule has 1 aromatic heterocycles. The van der Waals surface area contributed by atoms with Crippen LogP contribution in [0.4, 0.5) is 0 Å². The molecule has 2 aromatic rings. The van der Waals surface area contributed by atoms with Crippen LogP contribution in [0, 0.1) is 0 Å². The Balaban J connectivity index is 0.00000200. The minimum absolute atomic E-state index is 0. The molecule has 0 saturated heterocycles. The molecule has 0 aliphatic carbocycles. The lowest BCUT2D eigenvalue weighted by Crippen LogP contribution is -2.26. The normalized spacial score (nSPS) is 11.8. The van der Waals surface area contributed by atoms with Crippen molar-refractivity contribution in [2.75, 3.05) is 6.61 Å². The molecule has 0 radical (unpaired) electrons. The summed E-state index contributed by atoms with van der Waals surface area (Å²) in [6, 6.07) is 7.46. The van der Waals surface area contributed by atoms with Crippen molar-refractivity contribution < 1.29 is 9.84 Å². The Kier molecular flexibility index (Phi) is 7.26. The Morgan fingerprint density at radius 2 is 2.05 bits per heavy atom. The molecule has 1 heterocycles. The number of nitrogens with two attached hydrogens (primary N) is 1. The quantitative estimate of drug-likeness (QED) is 0.852. The van der Waals surface area contributed by atoms with Gasteiger partial charge in [-0.3, -0.25) is 0 Å². The molecule has 20 heavy (non-hydrogen) atoms. The monoisotopic (exact) mass is 334 g/mol. The van der Waals surface area contributed by atoms with E-state index in [2.05, 4.69) is 4.98 Å². The van der Waals surface area contributed by atoms with Crippen molar-refractivity contribution in [3.63, 3.8) is 0 Å². The highest BCUT2D eigenvalue weighted by Gasteiger charge is 2.04. The Morgan fingerprint density at radius 3 is 2.60 bits per heavy atom. The zero-order valence-corrected chi connectivity index (χ0v) is 13.0. The number of rotatable bonds is 6. The van der Waals surface area contributed by atoms with Gasteiger partial charge in [0.15, 0.2) is 4.47 Å². The lowest BCUT2D eigenvalue weighted by molar-refractivity contribution is 0.265. The van der Waals surface area contributed by atoms with E-state index in [0.717, 1.165) is 16.2 Å². The Hall–Kier alpha value is -0.850. The summed E-state index contributed by atoms with van der Waals surface area (Å²) < 4.78 is 6.14. The molecule has 7 heteroatoms. The smallest absolute Gasteiger partial charge is 0.183 e. The summed E-state index contributed by atoms with van der Waals surface area (Å²) in [7, 11) is 0. The van der Waals surface area contributed by atoms with E-state index in [1.54, 1.807) is 6.20 Å². The SMILES string of the molecule is Cl.NC(CO)Cc1ccc(OCc2cnc(Cl)s2)cc1. The summed E-state index contributed by atoms with van der Waals surface area (Å²) in [6.07, 6.45) is 2.36. The fourth-order valence-corrected chi connectivity index (χ4v) is 2.48. The van der Waals surface area contributed by atoms with E-state index in [1.165, 1.54) is 11.3 Å². The third kappa shape index (κ3) is 5.26. The maximum absolute atomic E-state index is 8.90. The van der Waals surface area contributed by atoms with Crippen LogP contribution >= 0.6 is 35.3 Å². The van der Waals surface area contributed by atoms with Gasteiger partial charge in [-0.15, -0.1) is 23.7 Å². The second-order valence-electron chi connectivity index (χ2n) is 4.16. The molecule has 2 rings (SSSR count). The summed E-state index contributed by atoms with van der Waals surface area (Å²) in [5.41, 5.74) is 6.76. The van der Waals surface area contributed by atoms with Crippen molar-refractivity contribution in [2.45, 2.75) is 19.1 Å². The van der Waals surface area contributed by atoms with E-state index < -0.39 is 0 Å². The Morgan fingerprint density at radius 1 is 1.35 bits per heavy atom. The zero-order chi connectivity index (χ0) is 13.7. The van der Waals surface area contributed by atoms with Gasteiger partial charge in [0, 0.05) is 12.2 Å². The second-order valence-corrected chi connectivity index (χ2v) is 5.86. The summed E-state index contributed by atoms with van der Waals surface area (Å²) >= 11 is 7.15. The molecule has 0 spiro atoms. The van der Waals surface area contributed by atoms with Gasteiger partial charge in [0.2, 0.25) is 0 Å². The molecule has 1 aromatic carbocycles. The molecule has 4 nitrogen and oxygen atoms in total. The predicted molar refractivity (Wildman–Crippen MR) is 83.9 cm³/mol. The van der Waals surface area contributed by atoms with E-state index in [9.17, 15) is 0 Å². The number of aromatic nitrogens is 1. The zero-order valence-electron chi connectivity index (χ0n) is 10.7. The van der Waals surface area contributed by atoms with Gasteiger partial charge in [0.05, 0.1) is 11.5 Å². The number of ether oxygens (including phenoxy) is 1. The highest BCUT2D eigenvalue weighted by atomic mass is 35.5. The third-order valence-electron chi connectivity index (χ3n) is 2.56. The number of benzene rings is 1. The van der Waals surface area contributed by atoms with Gasteiger partial charge in [-0.1, -0.05) is 23.7 Å². The van der Waals surface area contributed by atoms with Crippen molar-refractivity contribution in [3.05, 3.63) is 45.4 Å². The molecule has 0 aliphatic heterocycles. The number of aliphatic hydroxyl groups is 1. The highest BCUT2D eigenvalue weighted by Crippen LogP contribution is 2.20. The average molecular weight is 335 g/mol. The summed E-state index contributed by atoms with van der Waals surface area (Å²) in [6.45, 7) is 0.449. The molecule has 0 fully saturated rings. The number of nitrogens with zero attached hydrogens (tertiary/aromatic N) is 1. The van der Waals surface area contributed by atoms with Crippen molar-refractivity contribution in [1.29, 1.82) is 0 Å². The van der Waals surface area contributed by atoms with Gasteiger partial charge in [-0.05, 0) is 24.1 Å². The number of aliphatic hydroxyl groups excluding tert-OH is 1. The third-order valence-corrected chi connectivity index (χ3v) is 3.65. The fraction of sp³-hybridized carbons (Fsp3) is 0.308. The first-order valence-electron chi connectivity index (χ1n) is 5.86. The summed E-state index contributed by atoms with van der Waals surface area (Å²) in [5, 5.41) is 8.90. The van der Waals surface area contributed by atoms with Gasteiger partial charge in [0.1, 0.15) is 12.4 Å². The van der Waals surface area contributed by atoms with Crippen LogP contribution in [0.15, 0.2) is 30.5 Å². The minimum atomic E-state index is -0.217. The van der Waals surface area contributed by atoms with Gasteiger partial charge >= 0.3 is 0 Å². The van der Waals surface area contributed by atoms with Crippen molar-refractivity contribution >= 4 is 35.3 Å². The maximum Gasteiger partial charge on any atom is 0.183 e. The Bertz CT molecular complexity index is 519. The highest BCUT2D eigenvalue weighted by molar-refractivity contribution is 7.15. The summed E-state index contributed by atoms with van der Waals surface area (Å²) in [4.78, 5) is 4.93. The summed E-state index contributed by atoms with van der Waals surface area (Å²) in [5.74, 6) is 0.783. The molecule has 1 atom stereocenters. The largest absolute Gasteiger partial charge is 0.488 e. The number of hydrogen-bond acceptors (Lipinski definition) is 5. The van der Waals surface area contributed by atoms with Crippen LogP contribution in [0.2, 0.25) is 4.47 Å². The standard InChI is InChI=1S/C13H15ClN2O2S.ClH/c14-13-16-6-12(19-13)8-18-11-3-1-9(2-4-11)5-10(15)7-17;/h1-4,6,10,17H,5,7-8,15H2;1H. The van der Waals surface area contributed by atoms with Crippen LogP contribution in [0.3, 0.4) is 0 Å². The molecule has 0 saturated carbocycles. The first kappa shape index (κ1) is 17.2. The van der Waals surface area contributed by atoms with Crippen molar-refractivity contribution in [1.82, 2.24) is 4.98 Å². The number of hydrogen-bond donors (Lipinski definition) is 2. The van der Waals surface area contributed by atoms with Crippen molar-refractivity contribution in [3.8, 4) is 5.75 Å². The van der Waals surface area contributed by atoms with Gasteiger partial charge in [0.25, 0.3) is 0 Å². The van der Waals surface area contributed by atoms with Gasteiger partial charge in [-0.25, -0.2) is 4.98 Å². The second kappa shape index (κ2) is 8.44. The van der Waals surface area contributed by atoms with Crippen LogP contribution < -0.4 is 10.5 Å². The maximum atomic E-state index is 8.90.